The molecule has 3 heterocycles. The molecule has 1 aromatic heterocycles. The molecule has 1 saturated heterocycles. The van der Waals surface area contributed by atoms with Gasteiger partial charge in [0.15, 0.2) is 5.78 Å². The highest BCUT2D eigenvalue weighted by Gasteiger charge is 2.66. The predicted molar refractivity (Wildman–Crippen MR) is 181 cm³/mol. The molecule has 2 unspecified atom stereocenters. The summed E-state index contributed by atoms with van der Waals surface area (Å²) in [5, 5.41) is 0.455. The molecule has 0 radical (unpaired) electrons. The minimum Gasteiger partial charge on any atom is -0.472 e. The molecule has 1 amide bonds. The Labute approximate surface area is 283 Å². The molecule has 2 aliphatic heterocycles. The lowest BCUT2D eigenvalue weighted by atomic mass is 9.77. The smallest absolute Gasteiger partial charge is 0.332 e. The fourth-order valence-electron chi connectivity index (χ4n) is 8.58. The average molecular weight is 683 g/mol. The van der Waals surface area contributed by atoms with Crippen LogP contribution in [0.5, 0.6) is 5.88 Å². The molecule has 2 aliphatic carbocycles. The van der Waals surface area contributed by atoms with Gasteiger partial charge >= 0.3 is 13.6 Å². The monoisotopic (exact) mass is 682 g/mol. The van der Waals surface area contributed by atoms with E-state index in [2.05, 4.69) is 37.0 Å². The van der Waals surface area contributed by atoms with E-state index in [-0.39, 0.29) is 67.8 Å². The molecule has 48 heavy (non-hydrogen) atoms. The predicted octanol–water partition coefficient (Wildman–Crippen LogP) is 6.38. The number of pyridine rings is 1. The van der Waals surface area contributed by atoms with E-state index in [1.165, 1.54) is 0 Å². The molecule has 5 atom stereocenters. The lowest BCUT2D eigenvalue weighted by Gasteiger charge is -2.34. The van der Waals surface area contributed by atoms with Gasteiger partial charge in [-0.1, -0.05) is 58.6 Å². The maximum Gasteiger partial charge on any atom is 0.332 e. The molecule has 2 N–H and O–H groups in total. The number of carbonyl (C=O) groups is 3. The average Bonchev–Trinajstić information content (AvgIpc) is 3.63. The number of ketones is 1. The van der Waals surface area contributed by atoms with Crippen molar-refractivity contribution in [2.24, 2.45) is 23.2 Å². The molecule has 3 fully saturated rings. The minimum atomic E-state index is -4.58. The van der Waals surface area contributed by atoms with E-state index < -0.39 is 36.8 Å². The molecular formula is C37H51N2O8P. The maximum atomic E-state index is 14.7. The molecule has 2 saturated carbocycles. The lowest BCUT2D eigenvalue weighted by Crippen LogP contribution is -2.47. The Morgan fingerprint density at radius 3 is 2.58 bits per heavy atom. The zero-order valence-corrected chi connectivity index (χ0v) is 29.5. The van der Waals surface area contributed by atoms with Crippen LogP contribution in [0.3, 0.4) is 0 Å². The summed E-state index contributed by atoms with van der Waals surface area (Å²) in [6, 6.07) is 7.26. The normalized spacial score (nSPS) is 30.4. The van der Waals surface area contributed by atoms with Crippen molar-refractivity contribution in [2.75, 3.05) is 13.2 Å². The summed E-state index contributed by atoms with van der Waals surface area (Å²) in [6.45, 7) is 6.44. The summed E-state index contributed by atoms with van der Waals surface area (Å²) in [5.74, 6) is -1.51. The van der Waals surface area contributed by atoms with Gasteiger partial charge in [-0.2, -0.15) is 0 Å². The first-order valence-electron chi connectivity index (χ1n) is 17.9. The van der Waals surface area contributed by atoms with Crippen molar-refractivity contribution in [3.05, 3.63) is 36.0 Å². The first kappa shape index (κ1) is 35.0. The number of amides is 1. The summed E-state index contributed by atoms with van der Waals surface area (Å²) < 4.78 is 25.1. The van der Waals surface area contributed by atoms with E-state index in [9.17, 15) is 28.7 Å². The van der Waals surface area contributed by atoms with E-state index in [1.54, 1.807) is 11.1 Å². The van der Waals surface area contributed by atoms with E-state index in [0.29, 0.717) is 12.3 Å². The quantitative estimate of drug-likeness (QED) is 0.262. The SMILES string of the molecule is CCC1CC1(CC(=O)[C@@H]1C[C@@H]2CN1C(=O)[C@H](C1CCCCC1)CC(=O)OCC(C)(C)CCCc1ccc3ccnc(c3c1)O2)P(=O)(O)O. The highest BCUT2D eigenvalue weighted by Crippen LogP contribution is 2.71. The molecule has 4 bridgehead atoms. The number of aromatic nitrogens is 1. The van der Waals surface area contributed by atoms with Crippen LogP contribution in [0.15, 0.2) is 30.5 Å². The third-order valence-electron chi connectivity index (χ3n) is 11.6. The second-order valence-corrected chi connectivity index (χ2v) is 17.6. The third-order valence-corrected chi connectivity index (χ3v) is 13.5. The van der Waals surface area contributed by atoms with Crippen LogP contribution in [0.4, 0.5) is 0 Å². The number of benzene rings is 1. The van der Waals surface area contributed by atoms with Gasteiger partial charge in [0.25, 0.3) is 0 Å². The van der Waals surface area contributed by atoms with E-state index in [4.69, 9.17) is 9.47 Å². The molecule has 11 heteroatoms. The van der Waals surface area contributed by atoms with Gasteiger partial charge in [0.05, 0.1) is 36.7 Å². The van der Waals surface area contributed by atoms with Crippen molar-refractivity contribution < 1.29 is 38.2 Å². The Balaban J connectivity index is 1.36. The van der Waals surface area contributed by atoms with Crippen molar-refractivity contribution in [3.8, 4) is 5.88 Å². The Morgan fingerprint density at radius 2 is 1.88 bits per heavy atom. The number of fused-ring (bicyclic) bond motifs is 3. The second kappa shape index (κ2) is 13.8. The summed E-state index contributed by atoms with van der Waals surface area (Å²) in [4.78, 5) is 69.0. The Bertz CT molecular complexity index is 1580. The van der Waals surface area contributed by atoms with Gasteiger partial charge < -0.3 is 24.2 Å². The lowest BCUT2D eigenvalue weighted by molar-refractivity contribution is -0.154. The second-order valence-electron chi connectivity index (χ2n) is 15.6. The van der Waals surface area contributed by atoms with Crippen molar-refractivity contribution in [1.29, 1.82) is 0 Å². The fraction of sp³-hybridized carbons (Fsp3) is 0.676. The van der Waals surface area contributed by atoms with Crippen molar-refractivity contribution in [1.82, 2.24) is 9.88 Å². The molecule has 1 aromatic carbocycles. The minimum absolute atomic E-state index is 0.0133. The van der Waals surface area contributed by atoms with E-state index >= 15 is 0 Å². The summed E-state index contributed by atoms with van der Waals surface area (Å²) in [7, 11) is -4.58. The van der Waals surface area contributed by atoms with Gasteiger partial charge in [-0.05, 0) is 78.9 Å². The van der Waals surface area contributed by atoms with Gasteiger partial charge in [0.2, 0.25) is 11.8 Å². The van der Waals surface area contributed by atoms with Crippen LogP contribution in [-0.4, -0.2) is 67.8 Å². The Kier molecular flexibility index (Phi) is 10.1. The van der Waals surface area contributed by atoms with Gasteiger partial charge in [-0.25, -0.2) is 4.98 Å². The fourth-order valence-corrected chi connectivity index (χ4v) is 10.1. The standard InChI is InChI=1S/C37H51N2O8P/c1-4-27-20-37(27,48(43,44)45)21-32(40)31-18-28-22-39(31)35(42)30(25-10-6-5-7-11-25)19-33(41)46-23-36(2,3)15-8-9-24-12-13-26-14-16-38-34(47-28)29(26)17-24/h12-14,16-17,25,27-28,30-31H,4-11,15,18-23H2,1-3H3,(H2,43,44,45)/t27?,28-,30+,31+,37?/m1/s1. The summed E-state index contributed by atoms with van der Waals surface area (Å²) >= 11 is 0. The number of Topliss-reactive ketones (excluding diaryl/α,β-unsaturated/α-hetero) is 1. The number of hydrogen-bond acceptors (Lipinski definition) is 7. The number of ether oxygens (including phenoxy) is 2. The highest BCUT2D eigenvalue weighted by molar-refractivity contribution is 7.54. The number of nitrogens with zero attached hydrogens (tertiary/aromatic N) is 2. The zero-order valence-electron chi connectivity index (χ0n) is 28.6. The van der Waals surface area contributed by atoms with Crippen LogP contribution >= 0.6 is 7.60 Å². The summed E-state index contributed by atoms with van der Waals surface area (Å²) in [6.07, 6.45) is 9.10. The number of aryl methyl sites for hydroxylation is 1. The molecule has 262 valence electrons. The number of esters is 1. The highest BCUT2D eigenvalue weighted by atomic mass is 31.2. The number of carbonyl (C=O) groups excluding carboxylic acids is 3. The Morgan fingerprint density at radius 1 is 1.10 bits per heavy atom. The first-order valence-corrected chi connectivity index (χ1v) is 19.5. The number of cyclic esters (lactones) is 1. The van der Waals surface area contributed by atoms with Crippen molar-refractivity contribution in [2.45, 2.75) is 122 Å². The van der Waals surface area contributed by atoms with Crippen LogP contribution in [-0.2, 0) is 30.1 Å². The van der Waals surface area contributed by atoms with Gasteiger partial charge in [0.1, 0.15) is 6.10 Å². The van der Waals surface area contributed by atoms with Crippen LogP contribution in [0.25, 0.3) is 10.8 Å². The number of hydrogen-bond donors (Lipinski definition) is 2. The molecule has 0 spiro atoms. The molecule has 2 aromatic rings. The maximum absolute atomic E-state index is 14.7. The van der Waals surface area contributed by atoms with Gasteiger partial charge in [-0.15, -0.1) is 0 Å². The van der Waals surface area contributed by atoms with Crippen molar-refractivity contribution >= 4 is 36.0 Å². The largest absolute Gasteiger partial charge is 0.472 e. The topological polar surface area (TPSA) is 143 Å². The molecule has 4 aliphatic rings. The van der Waals surface area contributed by atoms with Crippen molar-refractivity contribution in [3.63, 3.8) is 0 Å². The zero-order chi connectivity index (χ0) is 34.3. The third kappa shape index (κ3) is 7.36. The van der Waals surface area contributed by atoms with Crippen LogP contribution in [0.1, 0.15) is 103 Å². The van der Waals surface area contributed by atoms with Gasteiger partial charge in [0, 0.05) is 24.4 Å². The molecule has 6 rings (SSSR count). The summed E-state index contributed by atoms with van der Waals surface area (Å²) in [5.41, 5.74) is 0.893. The van der Waals surface area contributed by atoms with E-state index in [0.717, 1.165) is 67.7 Å². The van der Waals surface area contributed by atoms with Crippen LogP contribution < -0.4 is 4.74 Å². The van der Waals surface area contributed by atoms with Gasteiger partial charge in [-0.3, -0.25) is 18.9 Å². The molecule has 10 nitrogen and oxygen atoms in total. The van der Waals surface area contributed by atoms with Crippen LogP contribution in [0.2, 0.25) is 0 Å². The number of rotatable bonds is 6. The molecular weight excluding hydrogens is 631 g/mol. The van der Waals surface area contributed by atoms with Crippen LogP contribution in [0, 0.1) is 23.2 Å². The Hall–Kier alpha value is -2.81. The first-order chi connectivity index (χ1) is 22.8. The van der Waals surface area contributed by atoms with E-state index in [1.807, 2.05) is 13.0 Å².